The Labute approximate surface area is 146 Å². The van der Waals surface area contributed by atoms with Crippen molar-refractivity contribution in [2.24, 2.45) is 0 Å². The smallest absolute Gasteiger partial charge is 0.315 e. The van der Waals surface area contributed by atoms with E-state index in [0.29, 0.717) is 26.1 Å². The molecule has 0 bridgehead atoms. The van der Waals surface area contributed by atoms with Gasteiger partial charge >= 0.3 is 6.03 Å². The quantitative estimate of drug-likeness (QED) is 0.677. The Kier molecular flexibility index (Phi) is 6.95. The molecule has 2 aromatic rings. The molecule has 3 N–H and O–H groups in total. The number of aryl methyl sites for hydroxylation is 1. The maximum atomic E-state index is 13.4. The number of urea groups is 1. The molecule has 0 atom stereocenters. The van der Waals surface area contributed by atoms with Crippen LogP contribution >= 0.6 is 0 Å². The molecule has 0 saturated carbocycles. The summed E-state index contributed by atoms with van der Waals surface area (Å²) in [6, 6.07) is 13.5. The highest BCUT2D eigenvalue weighted by Gasteiger charge is 2.09. The zero-order valence-corrected chi connectivity index (χ0v) is 14.1. The molecular weight excluding hydrogens is 321 g/mol. The van der Waals surface area contributed by atoms with Crippen molar-refractivity contribution in [3.05, 3.63) is 71.0 Å². The van der Waals surface area contributed by atoms with Crippen LogP contribution in [0.5, 0.6) is 0 Å². The highest BCUT2D eigenvalue weighted by molar-refractivity contribution is 5.94. The molecule has 0 aliphatic heterocycles. The van der Waals surface area contributed by atoms with Gasteiger partial charge in [0.2, 0.25) is 0 Å². The van der Waals surface area contributed by atoms with Gasteiger partial charge in [-0.25, -0.2) is 9.18 Å². The zero-order chi connectivity index (χ0) is 18.1. The van der Waals surface area contributed by atoms with Crippen LogP contribution in [0, 0.1) is 12.7 Å². The first-order chi connectivity index (χ1) is 12.1. The van der Waals surface area contributed by atoms with E-state index in [9.17, 15) is 14.0 Å². The van der Waals surface area contributed by atoms with Crippen LogP contribution in [0.25, 0.3) is 0 Å². The second kappa shape index (κ2) is 9.42. The minimum atomic E-state index is -0.548. The van der Waals surface area contributed by atoms with Crippen molar-refractivity contribution in [2.45, 2.75) is 19.9 Å². The maximum Gasteiger partial charge on any atom is 0.315 e. The van der Waals surface area contributed by atoms with Crippen LogP contribution in [0.15, 0.2) is 48.5 Å². The van der Waals surface area contributed by atoms with Gasteiger partial charge in [-0.2, -0.15) is 0 Å². The summed E-state index contributed by atoms with van der Waals surface area (Å²) in [4.78, 5) is 23.5. The fourth-order valence-electron chi connectivity index (χ4n) is 2.18. The largest absolute Gasteiger partial charge is 0.352 e. The number of benzene rings is 2. The third-order valence-electron chi connectivity index (χ3n) is 3.62. The van der Waals surface area contributed by atoms with Crippen molar-refractivity contribution >= 4 is 11.9 Å². The molecule has 0 spiro atoms. The highest BCUT2D eigenvalue weighted by Crippen LogP contribution is 2.05. The topological polar surface area (TPSA) is 70.2 Å². The monoisotopic (exact) mass is 343 g/mol. The molecule has 6 heteroatoms. The van der Waals surface area contributed by atoms with Crippen molar-refractivity contribution < 1.29 is 14.0 Å². The molecule has 0 aliphatic rings. The normalized spacial score (nSPS) is 10.2. The Morgan fingerprint density at radius 1 is 0.920 bits per heavy atom. The van der Waals surface area contributed by atoms with Crippen LogP contribution in [-0.4, -0.2) is 25.0 Å². The first-order valence-corrected chi connectivity index (χ1v) is 8.16. The molecular formula is C19H22FN3O2. The van der Waals surface area contributed by atoms with E-state index in [1.165, 1.54) is 23.8 Å². The van der Waals surface area contributed by atoms with Crippen molar-refractivity contribution in [3.8, 4) is 0 Å². The standard InChI is InChI=1S/C19H22FN3O2/c1-14-7-9-15(10-8-14)13-23-19(25)22-12-4-11-21-18(24)16-5-2-3-6-17(16)20/h2-3,5-10H,4,11-13H2,1H3,(H,21,24)(H2,22,23,25). The fraction of sp³-hybridized carbons (Fsp3) is 0.263. The first kappa shape index (κ1) is 18.4. The van der Waals surface area contributed by atoms with E-state index in [1.54, 1.807) is 6.07 Å². The molecule has 0 aromatic heterocycles. The van der Waals surface area contributed by atoms with Gasteiger partial charge < -0.3 is 16.0 Å². The van der Waals surface area contributed by atoms with Crippen molar-refractivity contribution in [3.63, 3.8) is 0 Å². The Morgan fingerprint density at radius 2 is 1.60 bits per heavy atom. The molecule has 0 saturated heterocycles. The summed E-state index contributed by atoms with van der Waals surface area (Å²) in [5.41, 5.74) is 2.22. The molecule has 0 heterocycles. The predicted octanol–water partition coefficient (Wildman–Crippen LogP) is 2.75. The Balaban J connectivity index is 1.59. The summed E-state index contributed by atoms with van der Waals surface area (Å²) < 4.78 is 13.4. The summed E-state index contributed by atoms with van der Waals surface area (Å²) >= 11 is 0. The van der Waals surface area contributed by atoms with Gasteiger partial charge in [0.25, 0.3) is 5.91 Å². The van der Waals surface area contributed by atoms with Gasteiger partial charge in [0, 0.05) is 19.6 Å². The van der Waals surface area contributed by atoms with Gasteiger partial charge in [0.05, 0.1) is 5.56 Å². The van der Waals surface area contributed by atoms with E-state index in [4.69, 9.17) is 0 Å². The number of hydrogen-bond donors (Lipinski definition) is 3. The summed E-state index contributed by atoms with van der Waals surface area (Å²) in [7, 11) is 0. The van der Waals surface area contributed by atoms with Crippen LogP contribution in [0.2, 0.25) is 0 Å². The summed E-state index contributed by atoms with van der Waals surface area (Å²) in [5, 5.41) is 8.10. The molecule has 5 nitrogen and oxygen atoms in total. The lowest BCUT2D eigenvalue weighted by Gasteiger charge is -2.09. The minimum absolute atomic E-state index is 0.0197. The third-order valence-corrected chi connectivity index (χ3v) is 3.62. The average molecular weight is 343 g/mol. The van der Waals surface area contributed by atoms with Gasteiger partial charge in [0.1, 0.15) is 5.82 Å². The van der Waals surface area contributed by atoms with Gasteiger partial charge in [-0.1, -0.05) is 42.0 Å². The van der Waals surface area contributed by atoms with Crippen LogP contribution in [0.1, 0.15) is 27.9 Å². The SMILES string of the molecule is Cc1ccc(CNC(=O)NCCCNC(=O)c2ccccc2F)cc1. The van der Waals surface area contributed by atoms with Crippen LogP contribution in [0.4, 0.5) is 9.18 Å². The Hall–Kier alpha value is -2.89. The van der Waals surface area contributed by atoms with Crippen LogP contribution in [0.3, 0.4) is 0 Å². The summed E-state index contributed by atoms with van der Waals surface area (Å²) in [6.07, 6.45) is 0.554. The third kappa shape index (κ3) is 6.25. The minimum Gasteiger partial charge on any atom is -0.352 e. The van der Waals surface area contributed by atoms with E-state index < -0.39 is 11.7 Å². The van der Waals surface area contributed by atoms with Gasteiger partial charge in [-0.05, 0) is 31.0 Å². The molecule has 0 unspecified atom stereocenters. The summed E-state index contributed by atoms with van der Waals surface area (Å²) in [5.74, 6) is -1.00. The van der Waals surface area contributed by atoms with E-state index in [1.807, 2.05) is 31.2 Å². The molecule has 2 aromatic carbocycles. The number of carbonyl (C=O) groups is 2. The van der Waals surface area contributed by atoms with E-state index >= 15 is 0 Å². The first-order valence-electron chi connectivity index (χ1n) is 8.16. The van der Waals surface area contributed by atoms with E-state index in [-0.39, 0.29) is 11.6 Å². The fourth-order valence-corrected chi connectivity index (χ4v) is 2.18. The number of halogens is 1. The summed E-state index contributed by atoms with van der Waals surface area (Å²) in [6.45, 7) is 3.23. The second-order valence-electron chi connectivity index (χ2n) is 5.68. The number of carbonyl (C=O) groups excluding carboxylic acids is 2. The lowest BCUT2D eigenvalue weighted by Crippen LogP contribution is -2.37. The van der Waals surface area contributed by atoms with Gasteiger partial charge in [0.15, 0.2) is 0 Å². The molecule has 0 aliphatic carbocycles. The molecule has 0 fully saturated rings. The van der Waals surface area contributed by atoms with Crippen LogP contribution < -0.4 is 16.0 Å². The Bertz CT molecular complexity index is 717. The van der Waals surface area contributed by atoms with Crippen molar-refractivity contribution in [1.29, 1.82) is 0 Å². The van der Waals surface area contributed by atoms with Crippen molar-refractivity contribution in [2.75, 3.05) is 13.1 Å². The lowest BCUT2D eigenvalue weighted by atomic mass is 10.1. The second-order valence-corrected chi connectivity index (χ2v) is 5.68. The predicted molar refractivity (Wildman–Crippen MR) is 94.8 cm³/mol. The molecule has 3 amide bonds. The lowest BCUT2D eigenvalue weighted by molar-refractivity contribution is 0.0949. The van der Waals surface area contributed by atoms with E-state index in [2.05, 4.69) is 16.0 Å². The van der Waals surface area contributed by atoms with E-state index in [0.717, 1.165) is 5.56 Å². The van der Waals surface area contributed by atoms with Gasteiger partial charge in [-0.15, -0.1) is 0 Å². The molecule has 2 rings (SSSR count). The number of hydrogen-bond acceptors (Lipinski definition) is 2. The number of nitrogens with one attached hydrogen (secondary N) is 3. The van der Waals surface area contributed by atoms with Gasteiger partial charge in [-0.3, -0.25) is 4.79 Å². The number of amides is 3. The number of rotatable bonds is 7. The zero-order valence-electron chi connectivity index (χ0n) is 14.1. The van der Waals surface area contributed by atoms with Crippen LogP contribution in [-0.2, 0) is 6.54 Å². The Morgan fingerprint density at radius 3 is 2.32 bits per heavy atom. The maximum absolute atomic E-state index is 13.4. The highest BCUT2D eigenvalue weighted by atomic mass is 19.1. The van der Waals surface area contributed by atoms with Crippen molar-refractivity contribution in [1.82, 2.24) is 16.0 Å². The molecule has 0 radical (unpaired) electrons. The molecule has 25 heavy (non-hydrogen) atoms. The average Bonchev–Trinajstić information content (AvgIpc) is 2.61. The molecule has 132 valence electrons.